The zero-order valence-electron chi connectivity index (χ0n) is 9.90. The number of aryl methyl sites for hydroxylation is 2. The van der Waals surface area contributed by atoms with Gasteiger partial charge in [-0.25, -0.2) is 4.98 Å². The molecule has 1 aliphatic carbocycles. The van der Waals surface area contributed by atoms with E-state index in [-0.39, 0.29) is 6.04 Å². The van der Waals surface area contributed by atoms with E-state index in [1.54, 1.807) is 11.3 Å². The summed E-state index contributed by atoms with van der Waals surface area (Å²) in [4.78, 5) is 5.50. The van der Waals surface area contributed by atoms with Gasteiger partial charge in [-0.05, 0) is 26.7 Å². The van der Waals surface area contributed by atoms with Crippen molar-refractivity contribution in [1.29, 1.82) is 5.26 Å². The Morgan fingerprint density at radius 3 is 3.00 bits per heavy atom. The van der Waals surface area contributed by atoms with Gasteiger partial charge in [-0.15, -0.1) is 11.3 Å². The van der Waals surface area contributed by atoms with Crippen LogP contribution in [0, 0.1) is 25.2 Å². The van der Waals surface area contributed by atoms with Gasteiger partial charge < -0.3 is 0 Å². The highest BCUT2D eigenvalue weighted by molar-refractivity contribution is 7.15. The second-order valence-electron chi connectivity index (χ2n) is 4.58. The Kier molecular flexibility index (Phi) is 2.42. The zero-order chi connectivity index (χ0) is 12.0. The molecule has 3 rings (SSSR count). The summed E-state index contributed by atoms with van der Waals surface area (Å²) in [6.07, 6.45) is 2.36. The molecular weight excluding hydrogens is 232 g/mol. The van der Waals surface area contributed by atoms with Crippen molar-refractivity contribution in [3.05, 3.63) is 22.5 Å². The number of aromatic nitrogens is 2. The highest BCUT2D eigenvalue weighted by atomic mass is 32.1. The maximum Gasteiger partial charge on any atom is 0.194 e. The van der Waals surface area contributed by atoms with E-state index < -0.39 is 0 Å². The van der Waals surface area contributed by atoms with E-state index in [2.05, 4.69) is 33.1 Å². The van der Waals surface area contributed by atoms with Crippen LogP contribution >= 0.6 is 11.3 Å². The van der Waals surface area contributed by atoms with E-state index in [0.29, 0.717) is 6.04 Å². The molecule has 4 nitrogen and oxygen atoms in total. The summed E-state index contributed by atoms with van der Waals surface area (Å²) in [5.41, 5.74) is 3.12. The first-order valence-corrected chi connectivity index (χ1v) is 6.67. The van der Waals surface area contributed by atoms with Crippen LogP contribution in [0.25, 0.3) is 4.96 Å². The first-order chi connectivity index (χ1) is 8.20. The molecule has 2 aromatic rings. The Hall–Kier alpha value is -1.38. The molecule has 1 unspecified atom stereocenters. The van der Waals surface area contributed by atoms with E-state index >= 15 is 0 Å². The van der Waals surface area contributed by atoms with Crippen LogP contribution in [-0.2, 0) is 0 Å². The first kappa shape index (κ1) is 10.8. The summed E-state index contributed by atoms with van der Waals surface area (Å²) in [5, 5.41) is 14.8. The Morgan fingerprint density at radius 2 is 2.35 bits per heavy atom. The smallest absolute Gasteiger partial charge is 0.194 e. The van der Waals surface area contributed by atoms with Crippen LogP contribution in [0.5, 0.6) is 0 Å². The summed E-state index contributed by atoms with van der Waals surface area (Å²) in [7, 11) is 0. The monoisotopic (exact) mass is 246 g/mol. The van der Waals surface area contributed by atoms with Crippen molar-refractivity contribution >= 4 is 16.3 Å². The predicted octanol–water partition coefficient (Wildman–Crippen LogP) is 2.33. The highest BCUT2D eigenvalue weighted by Crippen LogP contribution is 2.28. The molecular formula is C12H14N4S. The number of nitriles is 1. The van der Waals surface area contributed by atoms with Gasteiger partial charge in [0.25, 0.3) is 0 Å². The Balaban J connectivity index is 2.09. The van der Waals surface area contributed by atoms with Crippen LogP contribution in [0.15, 0.2) is 5.38 Å². The van der Waals surface area contributed by atoms with Crippen molar-refractivity contribution in [2.45, 2.75) is 38.8 Å². The van der Waals surface area contributed by atoms with E-state index in [1.165, 1.54) is 12.8 Å². The van der Waals surface area contributed by atoms with Crippen molar-refractivity contribution in [3.63, 3.8) is 0 Å². The molecule has 17 heavy (non-hydrogen) atoms. The van der Waals surface area contributed by atoms with Gasteiger partial charge in [0.2, 0.25) is 0 Å². The summed E-state index contributed by atoms with van der Waals surface area (Å²) >= 11 is 1.63. The number of hydrogen-bond acceptors (Lipinski definition) is 4. The van der Waals surface area contributed by atoms with E-state index in [9.17, 15) is 5.26 Å². The zero-order valence-corrected chi connectivity index (χ0v) is 10.7. The lowest BCUT2D eigenvalue weighted by atomic mass is 10.2. The fraction of sp³-hybridized carbons (Fsp3) is 0.500. The van der Waals surface area contributed by atoms with Gasteiger partial charge in [0.15, 0.2) is 4.96 Å². The maximum absolute atomic E-state index is 9.34. The minimum absolute atomic E-state index is 0.245. The van der Waals surface area contributed by atoms with Crippen molar-refractivity contribution in [2.75, 3.05) is 0 Å². The van der Waals surface area contributed by atoms with Gasteiger partial charge in [0.05, 0.1) is 17.5 Å². The summed E-state index contributed by atoms with van der Waals surface area (Å²) in [6.45, 7) is 4.03. The van der Waals surface area contributed by atoms with Crippen LogP contribution in [0.2, 0.25) is 0 Å². The maximum atomic E-state index is 9.34. The lowest BCUT2D eigenvalue weighted by Gasteiger charge is -2.11. The summed E-state index contributed by atoms with van der Waals surface area (Å²) in [6, 6.07) is 2.63. The number of nitrogens with zero attached hydrogens (tertiary/aromatic N) is 3. The normalized spacial score (nSPS) is 17.2. The van der Waals surface area contributed by atoms with Crippen LogP contribution in [0.1, 0.15) is 36.0 Å². The Morgan fingerprint density at radius 1 is 1.59 bits per heavy atom. The third-order valence-corrected chi connectivity index (χ3v) is 4.08. The number of nitrogens with one attached hydrogen (secondary N) is 1. The van der Waals surface area contributed by atoms with Gasteiger partial charge in [0, 0.05) is 17.1 Å². The molecule has 2 aromatic heterocycles. The Labute approximate surface area is 104 Å². The average Bonchev–Trinajstić information content (AvgIpc) is 2.98. The van der Waals surface area contributed by atoms with E-state index in [4.69, 9.17) is 0 Å². The second kappa shape index (κ2) is 3.83. The molecule has 1 atom stereocenters. The number of hydrogen-bond donors (Lipinski definition) is 1. The van der Waals surface area contributed by atoms with Gasteiger partial charge in [-0.1, -0.05) is 0 Å². The highest BCUT2D eigenvalue weighted by Gasteiger charge is 2.28. The van der Waals surface area contributed by atoms with Gasteiger partial charge in [-0.2, -0.15) is 5.26 Å². The number of fused-ring (bicyclic) bond motifs is 1. The molecule has 0 saturated heterocycles. The number of imidazole rings is 1. The minimum Gasteiger partial charge on any atom is -0.294 e. The van der Waals surface area contributed by atoms with Crippen LogP contribution in [0.3, 0.4) is 0 Å². The fourth-order valence-corrected chi connectivity index (χ4v) is 3.05. The SMILES string of the molecule is Cc1nc2scc(C)n2c1C(C#N)NC1CC1. The molecule has 0 spiro atoms. The third kappa shape index (κ3) is 1.74. The average molecular weight is 246 g/mol. The molecule has 0 aromatic carbocycles. The molecule has 2 heterocycles. The third-order valence-electron chi connectivity index (χ3n) is 3.14. The molecule has 1 aliphatic rings. The molecule has 5 heteroatoms. The first-order valence-electron chi connectivity index (χ1n) is 5.79. The van der Waals surface area contributed by atoms with Crippen LogP contribution in [-0.4, -0.2) is 15.4 Å². The summed E-state index contributed by atoms with van der Waals surface area (Å²) < 4.78 is 2.10. The quantitative estimate of drug-likeness (QED) is 0.904. The minimum atomic E-state index is -0.245. The van der Waals surface area contributed by atoms with Gasteiger partial charge in [0.1, 0.15) is 6.04 Å². The molecule has 0 aliphatic heterocycles. The molecule has 88 valence electrons. The van der Waals surface area contributed by atoms with Crippen molar-refractivity contribution in [2.24, 2.45) is 0 Å². The molecule has 1 N–H and O–H groups in total. The lowest BCUT2D eigenvalue weighted by Crippen LogP contribution is -2.24. The van der Waals surface area contributed by atoms with Crippen molar-refractivity contribution < 1.29 is 0 Å². The standard InChI is InChI=1S/C12H14N4S/c1-7-6-17-12-14-8(2)11(16(7)12)10(5-13)15-9-3-4-9/h6,9-10,15H,3-4H2,1-2H3. The topological polar surface area (TPSA) is 53.1 Å². The molecule has 0 amide bonds. The van der Waals surface area contributed by atoms with Crippen LogP contribution in [0.4, 0.5) is 0 Å². The Bertz CT molecular complexity index is 600. The van der Waals surface area contributed by atoms with E-state index in [0.717, 1.165) is 22.0 Å². The largest absolute Gasteiger partial charge is 0.294 e. The van der Waals surface area contributed by atoms with E-state index in [1.807, 2.05) is 6.92 Å². The lowest BCUT2D eigenvalue weighted by molar-refractivity contribution is 0.604. The predicted molar refractivity (Wildman–Crippen MR) is 67.1 cm³/mol. The van der Waals surface area contributed by atoms with Crippen molar-refractivity contribution in [3.8, 4) is 6.07 Å². The molecule has 1 fully saturated rings. The van der Waals surface area contributed by atoms with Crippen molar-refractivity contribution in [1.82, 2.24) is 14.7 Å². The van der Waals surface area contributed by atoms with Crippen LogP contribution < -0.4 is 5.32 Å². The number of rotatable bonds is 3. The molecule has 0 bridgehead atoms. The molecule has 1 saturated carbocycles. The number of thiazole rings is 1. The molecule has 0 radical (unpaired) electrons. The van der Waals surface area contributed by atoms with Gasteiger partial charge in [-0.3, -0.25) is 9.72 Å². The fourth-order valence-electron chi connectivity index (χ4n) is 2.13. The van der Waals surface area contributed by atoms with Gasteiger partial charge >= 0.3 is 0 Å². The summed E-state index contributed by atoms with van der Waals surface area (Å²) in [5.74, 6) is 0. The second-order valence-corrected chi connectivity index (χ2v) is 5.42.